The number of fused-ring (bicyclic) bond motifs is 1. The van der Waals surface area contributed by atoms with Crippen LogP contribution in [0.15, 0.2) is 42.6 Å². The highest BCUT2D eigenvalue weighted by Gasteiger charge is 2.23. The lowest BCUT2D eigenvalue weighted by atomic mass is 10.1. The van der Waals surface area contributed by atoms with Gasteiger partial charge in [-0.25, -0.2) is 4.98 Å². The molecule has 122 valence electrons. The molecule has 1 aromatic heterocycles. The van der Waals surface area contributed by atoms with Gasteiger partial charge in [-0.05, 0) is 24.1 Å². The van der Waals surface area contributed by atoms with Gasteiger partial charge in [0.05, 0.1) is 12.6 Å². The zero-order chi connectivity index (χ0) is 16.2. The van der Waals surface area contributed by atoms with Crippen molar-refractivity contribution in [2.24, 2.45) is 0 Å². The van der Waals surface area contributed by atoms with Crippen molar-refractivity contribution < 1.29 is 5.11 Å². The van der Waals surface area contributed by atoms with Crippen LogP contribution in [-0.2, 0) is 13.1 Å². The molecule has 1 N–H and O–H groups in total. The Kier molecular flexibility index (Phi) is 5.16. The molecule has 1 atom stereocenters. The third kappa shape index (κ3) is 3.66. The second-order valence-electron chi connectivity index (χ2n) is 6.02. The van der Waals surface area contributed by atoms with Gasteiger partial charge in [-0.2, -0.15) is 0 Å². The van der Waals surface area contributed by atoms with Crippen molar-refractivity contribution in [1.82, 2.24) is 9.88 Å². The molecule has 1 unspecified atom stereocenters. The third-order valence-electron chi connectivity index (χ3n) is 4.48. The Hall–Kier alpha value is -1.62. The molecule has 0 aliphatic carbocycles. The number of hydrogen-bond donors (Lipinski definition) is 1. The van der Waals surface area contributed by atoms with Gasteiger partial charge < -0.3 is 10.0 Å². The first-order valence-electron chi connectivity index (χ1n) is 7.92. The topological polar surface area (TPSA) is 39.6 Å². The Bertz CT molecular complexity index is 664. The molecule has 0 radical (unpaired) electrons. The number of aromatic nitrogens is 1. The molecule has 1 aromatic carbocycles. The minimum atomic E-state index is 0.0812. The summed E-state index contributed by atoms with van der Waals surface area (Å²) in [6.45, 7) is 2.67. The number of hydrogen-bond acceptors (Lipinski definition) is 4. The highest BCUT2D eigenvalue weighted by atomic mass is 35.5. The SMILES string of the molecule is CN1c2ncccc2CN(Cc2ccccc2Cl)CCC1CO. The molecule has 0 bridgehead atoms. The second kappa shape index (κ2) is 7.30. The Labute approximate surface area is 142 Å². The first-order valence-corrected chi connectivity index (χ1v) is 8.30. The summed E-state index contributed by atoms with van der Waals surface area (Å²) in [5, 5.41) is 10.5. The van der Waals surface area contributed by atoms with Crippen molar-refractivity contribution in [2.45, 2.75) is 25.6 Å². The van der Waals surface area contributed by atoms with Crippen LogP contribution in [0.4, 0.5) is 5.82 Å². The fraction of sp³-hybridized carbons (Fsp3) is 0.389. The maximum absolute atomic E-state index is 9.71. The number of aliphatic hydroxyl groups excluding tert-OH is 1. The van der Waals surface area contributed by atoms with E-state index in [1.165, 1.54) is 5.56 Å². The molecular weight excluding hydrogens is 310 g/mol. The average Bonchev–Trinajstić information content (AvgIpc) is 2.56. The van der Waals surface area contributed by atoms with Crippen LogP contribution in [0.1, 0.15) is 17.5 Å². The van der Waals surface area contributed by atoms with E-state index in [1.807, 2.05) is 37.5 Å². The predicted octanol–water partition coefficient (Wildman–Crippen LogP) is 2.94. The van der Waals surface area contributed by atoms with Crippen LogP contribution in [0.5, 0.6) is 0 Å². The predicted molar refractivity (Wildman–Crippen MR) is 93.7 cm³/mol. The van der Waals surface area contributed by atoms with E-state index in [2.05, 4.69) is 26.9 Å². The normalized spacial score (nSPS) is 19.1. The molecular formula is C18H22ClN3O. The number of likely N-dealkylation sites (N-methyl/N-ethyl adjacent to an activating group) is 1. The van der Waals surface area contributed by atoms with Gasteiger partial charge in [0.1, 0.15) is 5.82 Å². The van der Waals surface area contributed by atoms with Gasteiger partial charge in [-0.1, -0.05) is 35.9 Å². The van der Waals surface area contributed by atoms with Crippen LogP contribution >= 0.6 is 11.6 Å². The Morgan fingerprint density at radius 1 is 1.26 bits per heavy atom. The lowest BCUT2D eigenvalue weighted by molar-refractivity contribution is 0.205. The minimum absolute atomic E-state index is 0.0812. The molecule has 1 aliphatic rings. The van der Waals surface area contributed by atoms with Crippen LogP contribution in [0.3, 0.4) is 0 Å². The monoisotopic (exact) mass is 331 g/mol. The minimum Gasteiger partial charge on any atom is -0.394 e. The zero-order valence-corrected chi connectivity index (χ0v) is 14.1. The van der Waals surface area contributed by atoms with Crippen LogP contribution in [0.2, 0.25) is 5.02 Å². The van der Waals surface area contributed by atoms with E-state index in [0.717, 1.165) is 42.5 Å². The van der Waals surface area contributed by atoms with E-state index in [4.69, 9.17) is 11.6 Å². The van der Waals surface area contributed by atoms with Gasteiger partial charge in [0, 0.05) is 43.5 Å². The molecule has 3 rings (SSSR count). The van der Waals surface area contributed by atoms with Gasteiger partial charge in [0.2, 0.25) is 0 Å². The Balaban J connectivity index is 1.87. The van der Waals surface area contributed by atoms with E-state index in [1.54, 1.807) is 0 Å². The van der Waals surface area contributed by atoms with Crippen LogP contribution in [0.25, 0.3) is 0 Å². The van der Waals surface area contributed by atoms with Crippen LogP contribution in [-0.4, -0.2) is 41.2 Å². The van der Waals surface area contributed by atoms with Crippen molar-refractivity contribution in [2.75, 3.05) is 25.1 Å². The van der Waals surface area contributed by atoms with E-state index in [9.17, 15) is 5.11 Å². The van der Waals surface area contributed by atoms with Crippen molar-refractivity contribution >= 4 is 17.4 Å². The van der Waals surface area contributed by atoms with Gasteiger partial charge in [0.25, 0.3) is 0 Å². The van der Waals surface area contributed by atoms with Gasteiger partial charge in [0.15, 0.2) is 0 Å². The smallest absolute Gasteiger partial charge is 0.133 e. The fourth-order valence-electron chi connectivity index (χ4n) is 3.11. The summed E-state index contributed by atoms with van der Waals surface area (Å²) in [4.78, 5) is 8.99. The number of rotatable bonds is 3. The summed E-state index contributed by atoms with van der Waals surface area (Å²) in [7, 11) is 2.01. The molecule has 0 spiro atoms. The van der Waals surface area contributed by atoms with Crippen molar-refractivity contribution in [3.63, 3.8) is 0 Å². The maximum atomic E-state index is 9.71. The summed E-state index contributed by atoms with van der Waals surface area (Å²) < 4.78 is 0. The molecule has 0 saturated carbocycles. The van der Waals surface area contributed by atoms with E-state index in [-0.39, 0.29) is 12.6 Å². The molecule has 0 saturated heterocycles. The number of aliphatic hydroxyl groups is 1. The van der Waals surface area contributed by atoms with Gasteiger partial charge >= 0.3 is 0 Å². The molecule has 0 fully saturated rings. The highest BCUT2D eigenvalue weighted by Crippen LogP contribution is 2.26. The second-order valence-corrected chi connectivity index (χ2v) is 6.43. The van der Waals surface area contributed by atoms with E-state index < -0.39 is 0 Å². The molecule has 23 heavy (non-hydrogen) atoms. The quantitative estimate of drug-likeness (QED) is 0.938. The van der Waals surface area contributed by atoms with Crippen LogP contribution < -0.4 is 4.90 Å². The van der Waals surface area contributed by atoms with Crippen molar-refractivity contribution in [3.05, 3.63) is 58.7 Å². The first kappa shape index (κ1) is 16.2. The zero-order valence-electron chi connectivity index (χ0n) is 13.3. The maximum Gasteiger partial charge on any atom is 0.133 e. The molecule has 2 aromatic rings. The van der Waals surface area contributed by atoms with Crippen molar-refractivity contribution in [3.8, 4) is 0 Å². The summed E-state index contributed by atoms with van der Waals surface area (Å²) in [5.41, 5.74) is 2.31. The first-order chi connectivity index (χ1) is 11.2. The lowest BCUT2D eigenvalue weighted by Crippen LogP contribution is -2.41. The van der Waals surface area contributed by atoms with Crippen molar-refractivity contribution in [1.29, 1.82) is 0 Å². The summed E-state index contributed by atoms with van der Waals surface area (Å²) in [6, 6.07) is 12.1. The molecule has 4 nitrogen and oxygen atoms in total. The molecule has 0 amide bonds. The van der Waals surface area contributed by atoms with Crippen LogP contribution in [0, 0.1) is 0 Å². The number of benzene rings is 1. The standard InChI is InChI=1S/C18H22ClN3O/c1-21-16(13-23)8-10-22(11-14-5-2-3-7-17(14)19)12-15-6-4-9-20-18(15)21/h2-7,9,16,23H,8,10-13H2,1H3. The molecule has 5 heteroatoms. The summed E-state index contributed by atoms with van der Waals surface area (Å²) >= 11 is 6.31. The Morgan fingerprint density at radius 3 is 2.87 bits per heavy atom. The number of anilines is 1. The summed E-state index contributed by atoms with van der Waals surface area (Å²) in [6.07, 6.45) is 2.71. The number of halogens is 1. The number of nitrogens with zero attached hydrogens (tertiary/aromatic N) is 3. The molecule has 2 heterocycles. The van der Waals surface area contributed by atoms with Gasteiger partial charge in [-0.15, -0.1) is 0 Å². The third-order valence-corrected chi connectivity index (χ3v) is 4.85. The van der Waals surface area contributed by atoms with Gasteiger partial charge in [-0.3, -0.25) is 4.90 Å². The Morgan fingerprint density at radius 2 is 2.09 bits per heavy atom. The highest BCUT2D eigenvalue weighted by molar-refractivity contribution is 6.31. The van der Waals surface area contributed by atoms with E-state index in [0.29, 0.717) is 0 Å². The average molecular weight is 332 g/mol. The summed E-state index contributed by atoms with van der Waals surface area (Å²) in [5.74, 6) is 0.954. The lowest BCUT2D eigenvalue weighted by Gasteiger charge is -2.35. The largest absolute Gasteiger partial charge is 0.394 e. The fourth-order valence-corrected chi connectivity index (χ4v) is 3.30. The molecule has 1 aliphatic heterocycles. The number of pyridine rings is 1. The van der Waals surface area contributed by atoms with E-state index >= 15 is 0 Å².